The number of aliphatic hydroxyl groups excluding tert-OH is 1. The highest BCUT2D eigenvalue weighted by Gasteiger charge is 2.19. The Hall–Kier alpha value is -1.50. The highest BCUT2D eigenvalue weighted by atomic mass is 32.1. The smallest absolute Gasteiger partial charge is 0.242 e. The van der Waals surface area contributed by atoms with Crippen LogP contribution in [-0.2, 0) is 4.79 Å². The summed E-state index contributed by atoms with van der Waals surface area (Å²) in [6, 6.07) is 7.91. The quantitative estimate of drug-likeness (QED) is 0.850. The molecule has 0 aliphatic carbocycles. The van der Waals surface area contributed by atoms with Crippen molar-refractivity contribution in [2.24, 2.45) is 0 Å². The molecule has 6 heteroatoms. The molecule has 120 valence electrons. The predicted octanol–water partition coefficient (Wildman–Crippen LogP) is 2.35. The Bertz CT molecular complexity index is 594. The van der Waals surface area contributed by atoms with Gasteiger partial charge in [-0.2, -0.15) is 0 Å². The van der Waals surface area contributed by atoms with Gasteiger partial charge < -0.3 is 5.11 Å². The lowest BCUT2D eigenvalue weighted by molar-refractivity contribution is -0.119. The van der Waals surface area contributed by atoms with Crippen LogP contribution in [0.1, 0.15) is 20.3 Å². The van der Waals surface area contributed by atoms with Gasteiger partial charge in [0, 0.05) is 13.1 Å². The van der Waals surface area contributed by atoms with Crippen molar-refractivity contribution >= 4 is 32.6 Å². The summed E-state index contributed by atoms with van der Waals surface area (Å²) in [6.45, 7) is 5.34. The van der Waals surface area contributed by atoms with E-state index in [1.54, 1.807) is 11.8 Å². The van der Waals surface area contributed by atoms with Crippen LogP contribution in [0.5, 0.6) is 0 Å². The number of benzene rings is 1. The minimum atomic E-state index is -0.343. The van der Waals surface area contributed by atoms with Gasteiger partial charge in [0.25, 0.3) is 0 Å². The number of aliphatic hydroxyl groups is 1. The molecule has 1 unspecified atom stereocenters. The molecule has 1 amide bonds. The van der Waals surface area contributed by atoms with Crippen LogP contribution >= 0.6 is 11.3 Å². The van der Waals surface area contributed by atoms with Crippen molar-refractivity contribution in [3.05, 3.63) is 24.3 Å². The summed E-state index contributed by atoms with van der Waals surface area (Å²) in [4.78, 5) is 20.7. The van der Waals surface area contributed by atoms with Gasteiger partial charge in [0.1, 0.15) is 0 Å². The third-order valence-corrected chi connectivity index (χ3v) is 4.52. The standard InChI is InChI=1S/C16H23N3O2S/c1-4-19(15(21)11-18(3)10-9-12(2)20)16-17-13-7-5-6-8-14(13)22-16/h5-8,12,20H,4,9-11H2,1-3H3. The normalized spacial score (nSPS) is 12.8. The summed E-state index contributed by atoms with van der Waals surface area (Å²) in [7, 11) is 1.90. The third-order valence-electron chi connectivity index (χ3n) is 3.46. The van der Waals surface area contributed by atoms with Gasteiger partial charge in [0.15, 0.2) is 5.13 Å². The lowest BCUT2D eigenvalue weighted by Gasteiger charge is -2.22. The van der Waals surface area contributed by atoms with Crippen LogP contribution in [0.25, 0.3) is 10.2 Å². The van der Waals surface area contributed by atoms with E-state index in [0.717, 1.165) is 15.3 Å². The van der Waals surface area contributed by atoms with Crippen LogP contribution in [0.4, 0.5) is 5.13 Å². The number of para-hydroxylation sites is 1. The fraction of sp³-hybridized carbons (Fsp3) is 0.500. The van der Waals surface area contributed by atoms with Crippen molar-refractivity contribution in [3.63, 3.8) is 0 Å². The summed E-state index contributed by atoms with van der Waals surface area (Å²) in [5.41, 5.74) is 0.927. The summed E-state index contributed by atoms with van der Waals surface area (Å²) in [6.07, 6.45) is 0.320. The molecule has 22 heavy (non-hydrogen) atoms. The van der Waals surface area contributed by atoms with Crippen molar-refractivity contribution in [3.8, 4) is 0 Å². The van der Waals surface area contributed by atoms with Gasteiger partial charge in [-0.15, -0.1) is 0 Å². The van der Waals surface area contributed by atoms with Crippen LogP contribution in [0, 0.1) is 0 Å². The molecule has 1 heterocycles. The fourth-order valence-corrected chi connectivity index (χ4v) is 3.24. The molecule has 1 aromatic carbocycles. The predicted molar refractivity (Wildman–Crippen MR) is 91.4 cm³/mol. The highest BCUT2D eigenvalue weighted by molar-refractivity contribution is 7.22. The van der Waals surface area contributed by atoms with Gasteiger partial charge in [-0.1, -0.05) is 23.5 Å². The molecule has 1 aromatic heterocycles. The molecular formula is C16H23N3O2S. The first kappa shape index (κ1) is 16.9. The minimum absolute atomic E-state index is 0.0367. The van der Waals surface area contributed by atoms with Crippen molar-refractivity contribution in [2.45, 2.75) is 26.4 Å². The Morgan fingerprint density at radius 3 is 2.77 bits per heavy atom. The average Bonchev–Trinajstić information content (AvgIpc) is 2.89. The number of aromatic nitrogens is 1. The number of rotatable bonds is 7. The molecular weight excluding hydrogens is 298 g/mol. The Kier molecular flexibility index (Phi) is 5.88. The maximum Gasteiger partial charge on any atom is 0.242 e. The zero-order valence-corrected chi connectivity index (χ0v) is 14.1. The fourth-order valence-electron chi connectivity index (χ4n) is 2.20. The zero-order chi connectivity index (χ0) is 16.1. The van der Waals surface area contributed by atoms with Crippen molar-refractivity contribution in [2.75, 3.05) is 31.6 Å². The first-order valence-electron chi connectivity index (χ1n) is 7.53. The third kappa shape index (κ3) is 4.25. The van der Waals surface area contributed by atoms with Crippen LogP contribution in [0.15, 0.2) is 24.3 Å². The second kappa shape index (κ2) is 7.67. The van der Waals surface area contributed by atoms with Gasteiger partial charge in [0.05, 0.1) is 22.9 Å². The number of likely N-dealkylation sites (N-methyl/N-ethyl adjacent to an activating group) is 2. The van der Waals surface area contributed by atoms with E-state index in [0.29, 0.717) is 26.1 Å². The number of hydrogen-bond acceptors (Lipinski definition) is 5. The number of amides is 1. The van der Waals surface area contributed by atoms with Crippen LogP contribution in [-0.4, -0.2) is 53.7 Å². The molecule has 0 radical (unpaired) electrons. The Morgan fingerprint density at radius 2 is 2.14 bits per heavy atom. The van der Waals surface area contributed by atoms with Crippen molar-refractivity contribution in [1.82, 2.24) is 9.88 Å². The topological polar surface area (TPSA) is 56.7 Å². The molecule has 0 fully saturated rings. The lowest BCUT2D eigenvalue weighted by atomic mass is 10.3. The summed E-state index contributed by atoms with van der Waals surface area (Å²) in [5.74, 6) is 0.0367. The number of fused-ring (bicyclic) bond motifs is 1. The van der Waals surface area contributed by atoms with Gasteiger partial charge >= 0.3 is 0 Å². The number of thiazole rings is 1. The second-order valence-corrected chi connectivity index (χ2v) is 6.49. The maximum atomic E-state index is 12.5. The van der Waals surface area contributed by atoms with E-state index in [9.17, 15) is 9.90 Å². The number of nitrogens with zero attached hydrogens (tertiary/aromatic N) is 3. The molecule has 0 bridgehead atoms. The molecule has 5 nitrogen and oxygen atoms in total. The molecule has 2 aromatic rings. The van der Waals surface area contributed by atoms with Gasteiger partial charge in [-0.25, -0.2) is 4.98 Å². The molecule has 0 saturated heterocycles. The molecule has 0 aliphatic rings. The lowest BCUT2D eigenvalue weighted by Crippen LogP contribution is -2.39. The molecule has 0 saturated carbocycles. The molecule has 0 aliphatic heterocycles. The number of hydrogen-bond donors (Lipinski definition) is 1. The van der Waals surface area contributed by atoms with E-state index in [1.807, 2.05) is 43.1 Å². The van der Waals surface area contributed by atoms with Crippen LogP contribution < -0.4 is 4.90 Å². The number of carbonyl (C=O) groups is 1. The number of carbonyl (C=O) groups excluding carboxylic acids is 1. The summed E-state index contributed by atoms with van der Waals surface area (Å²) >= 11 is 1.54. The minimum Gasteiger partial charge on any atom is -0.393 e. The summed E-state index contributed by atoms with van der Waals surface area (Å²) in [5, 5.41) is 10.1. The van der Waals surface area contributed by atoms with Crippen molar-refractivity contribution < 1.29 is 9.90 Å². The van der Waals surface area contributed by atoms with E-state index >= 15 is 0 Å². The molecule has 2 rings (SSSR count). The largest absolute Gasteiger partial charge is 0.393 e. The molecule has 0 spiro atoms. The first-order valence-corrected chi connectivity index (χ1v) is 8.35. The highest BCUT2D eigenvalue weighted by Crippen LogP contribution is 2.28. The molecule has 1 N–H and O–H groups in total. The van der Waals surface area contributed by atoms with E-state index in [2.05, 4.69) is 4.98 Å². The first-order chi connectivity index (χ1) is 10.5. The Balaban J connectivity index is 2.05. The van der Waals surface area contributed by atoms with Crippen LogP contribution in [0.2, 0.25) is 0 Å². The van der Waals surface area contributed by atoms with E-state index < -0.39 is 0 Å². The number of anilines is 1. The monoisotopic (exact) mass is 321 g/mol. The van der Waals surface area contributed by atoms with E-state index in [-0.39, 0.29) is 12.0 Å². The average molecular weight is 321 g/mol. The van der Waals surface area contributed by atoms with Gasteiger partial charge in [-0.05, 0) is 39.4 Å². The summed E-state index contributed by atoms with van der Waals surface area (Å²) < 4.78 is 1.09. The van der Waals surface area contributed by atoms with E-state index in [4.69, 9.17) is 0 Å². The van der Waals surface area contributed by atoms with Gasteiger partial charge in [0.2, 0.25) is 5.91 Å². The zero-order valence-electron chi connectivity index (χ0n) is 13.3. The van der Waals surface area contributed by atoms with Crippen LogP contribution in [0.3, 0.4) is 0 Å². The van der Waals surface area contributed by atoms with Gasteiger partial charge in [-0.3, -0.25) is 14.6 Å². The molecule has 1 atom stereocenters. The van der Waals surface area contributed by atoms with E-state index in [1.165, 1.54) is 11.3 Å². The Labute approximate surface area is 135 Å². The second-order valence-electron chi connectivity index (χ2n) is 5.48. The SMILES string of the molecule is CCN(C(=O)CN(C)CCC(C)O)c1nc2ccccc2s1. The maximum absolute atomic E-state index is 12.5. The Morgan fingerprint density at radius 1 is 1.41 bits per heavy atom. The van der Waals surface area contributed by atoms with Crippen molar-refractivity contribution in [1.29, 1.82) is 0 Å².